The lowest BCUT2D eigenvalue weighted by Gasteiger charge is -2.33. The average Bonchev–Trinajstić information content (AvgIpc) is 3.35. The van der Waals surface area contributed by atoms with Crippen LogP contribution in [0.3, 0.4) is 0 Å². The van der Waals surface area contributed by atoms with Crippen LogP contribution in [0.2, 0.25) is 0 Å². The summed E-state index contributed by atoms with van der Waals surface area (Å²) in [5.74, 6) is -0.293. The number of hydrogen-bond donors (Lipinski definition) is 1. The van der Waals surface area contributed by atoms with Gasteiger partial charge in [0.2, 0.25) is 0 Å². The number of aliphatic carboxylic acids is 1. The van der Waals surface area contributed by atoms with Gasteiger partial charge in [-0.3, -0.25) is 14.7 Å². The molecule has 5 aromatic rings. The van der Waals surface area contributed by atoms with Gasteiger partial charge in [-0.1, -0.05) is 42.5 Å². The highest BCUT2D eigenvalue weighted by atomic mass is 16.5. The van der Waals surface area contributed by atoms with Crippen LogP contribution in [0, 0.1) is 19.3 Å². The third-order valence-electron chi connectivity index (χ3n) is 9.36. The van der Waals surface area contributed by atoms with Gasteiger partial charge < -0.3 is 9.84 Å². The summed E-state index contributed by atoms with van der Waals surface area (Å²) in [6.45, 7) is 15.0. The Morgan fingerprint density at radius 2 is 1.93 bits per heavy atom. The molecule has 1 aliphatic rings. The Hall–Kier alpha value is -4.30. The fraction of sp³-hybridized carbons (Fsp3) is 0.389. The zero-order chi connectivity index (χ0) is 31.2. The molecule has 2 atom stereocenters. The van der Waals surface area contributed by atoms with Crippen molar-refractivity contribution in [1.82, 2.24) is 24.9 Å². The topological polar surface area (TPSA) is 93.4 Å². The molecule has 2 aromatic heterocycles. The summed E-state index contributed by atoms with van der Waals surface area (Å²) in [4.78, 5) is 19.8. The second-order valence-corrected chi connectivity index (χ2v) is 12.7. The summed E-state index contributed by atoms with van der Waals surface area (Å²) in [5, 5.41) is 20.3. The van der Waals surface area contributed by atoms with Crippen LogP contribution >= 0.6 is 0 Å². The van der Waals surface area contributed by atoms with Crippen LogP contribution < -0.4 is 4.74 Å². The van der Waals surface area contributed by atoms with E-state index in [1.54, 1.807) is 0 Å². The Labute approximate surface area is 258 Å². The van der Waals surface area contributed by atoms with Crippen molar-refractivity contribution in [2.75, 3.05) is 6.54 Å². The lowest BCUT2D eigenvalue weighted by molar-refractivity contribution is -0.147. The zero-order valence-corrected chi connectivity index (χ0v) is 26.5. The number of hydrogen-bond acceptors (Lipinski definition) is 6. The molecule has 0 saturated carbocycles. The van der Waals surface area contributed by atoms with Gasteiger partial charge in [0.1, 0.15) is 17.4 Å². The first-order chi connectivity index (χ1) is 21.1. The van der Waals surface area contributed by atoms with Gasteiger partial charge in [0.15, 0.2) is 0 Å². The molecular weight excluding hydrogens is 550 g/mol. The van der Waals surface area contributed by atoms with Crippen LogP contribution in [-0.4, -0.2) is 48.6 Å². The highest BCUT2D eigenvalue weighted by Crippen LogP contribution is 2.44. The van der Waals surface area contributed by atoms with Crippen LogP contribution in [-0.2, 0) is 24.4 Å². The molecule has 0 fully saturated rings. The molecule has 228 valence electrons. The Morgan fingerprint density at radius 3 is 2.68 bits per heavy atom. The number of aryl methyl sites for hydroxylation is 3. The minimum atomic E-state index is -1.07. The minimum Gasteiger partial charge on any atom is -0.489 e. The molecule has 0 radical (unpaired) electrons. The first kappa shape index (κ1) is 29.8. The number of aromatic nitrogens is 4. The maximum absolute atomic E-state index is 12.8. The van der Waals surface area contributed by atoms with Crippen molar-refractivity contribution in [1.29, 1.82) is 0 Å². The molecule has 0 spiro atoms. The number of carboxylic acid groups (broad SMARTS) is 1. The molecular formula is C36H41N5O3. The van der Waals surface area contributed by atoms with Gasteiger partial charge >= 0.3 is 5.97 Å². The maximum atomic E-state index is 12.8. The van der Waals surface area contributed by atoms with Crippen LogP contribution in [0.15, 0.2) is 60.8 Å². The Balaban J connectivity index is 1.40. The molecule has 8 nitrogen and oxygen atoms in total. The van der Waals surface area contributed by atoms with Crippen molar-refractivity contribution >= 4 is 27.9 Å². The van der Waals surface area contributed by atoms with Crippen LogP contribution in [0.5, 0.6) is 5.75 Å². The molecule has 3 heterocycles. The van der Waals surface area contributed by atoms with Crippen molar-refractivity contribution < 1.29 is 14.6 Å². The minimum absolute atomic E-state index is 0.0680. The van der Waals surface area contributed by atoms with E-state index in [0.717, 1.165) is 82.5 Å². The molecule has 6 rings (SSSR count). The van der Waals surface area contributed by atoms with E-state index >= 15 is 0 Å². The molecule has 1 aliphatic heterocycles. The van der Waals surface area contributed by atoms with Gasteiger partial charge in [0.25, 0.3) is 0 Å². The summed E-state index contributed by atoms with van der Waals surface area (Å²) in [6, 6.07) is 18.8. The first-order valence-electron chi connectivity index (χ1n) is 15.5. The van der Waals surface area contributed by atoms with Crippen LogP contribution in [0.1, 0.15) is 73.4 Å². The summed E-state index contributed by atoms with van der Waals surface area (Å²) < 4.78 is 8.39. The Bertz CT molecular complexity index is 1860. The van der Waals surface area contributed by atoms with Gasteiger partial charge in [-0.25, -0.2) is 4.68 Å². The molecule has 0 aliphatic carbocycles. The van der Waals surface area contributed by atoms with E-state index < -0.39 is 11.4 Å². The second-order valence-electron chi connectivity index (χ2n) is 12.7. The third-order valence-corrected chi connectivity index (χ3v) is 9.36. The molecule has 0 amide bonds. The quantitative estimate of drug-likeness (QED) is 0.207. The molecule has 44 heavy (non-hydrogen) atoms. The average molecular weight is 592 g/mol. The normalized spacial score (nSPS) is 16.5. The van der Waals surface area contributed by atoms with Crippen molar-refractivity contribution in [2.45, 2.75) is 79.6 Å². The fourth-order valence-corrected chi connectivity index (χ4v) is 6.64. The number of benzene rings is 3. The highest BCUT2D eigenvalue weighted by molar-refractivity contribution is 5.82. The summed E-state index contributed by atoms with van der Waals surface area (Å²) in [7, 11) is 0. The van der Waals surface area contributed by atoms with E-state index in [2.05, 4.69) is 76.5 Å². The number of rotatable bonds is 8. The molecule has 0 saturated heterocycles. The lowest BCUT2D eigenvalue weighted by atomic mass is 9.69. The van der Waals surface area contributed by atoms with Gasteiger partial charge in [-0.15, -0.1) is 5.10 Å². The largest absolute Gasteiger partial charge is 0.489 e. The standard InChI is InChI=1S/C36H41N5O3/c1-7-28-21-40(20-27-17-30-24(10-9-15-37-30)18-32(27)44-28)19-26-16-25(12-11-22(26)3)33(36(5,6)35(42)43)29-13-14-31-34(23(29)4)38-39-41(31)8-2/h9-18,28,33H,7-8,19-21H2,1-6H3,(H,42,43)/t28-,33?/m1/s1. The molecule has 1 N–H and O–H groups in total. The first-order valence-corrected chi connectivity index (χ1v) is 15.5. The van der Waals surface area contributed by atoms with Crippen molar-refractivity contribution in [3.63, 3.8) is 0 Å². The highest BCUT2D eigenvalue weighted by Gasteiger charge is 2.40. The monoisotopic (exact) mass is 591 g/mol. The molecule has 8 heteroatoms. The smallest absolute Gasteiger partial charge is 0.310 e. The number of fused-ring (bicyclic) bond motifs is 3. The Kier molecular flexibility index (Phi) is 7.88. The molecule has 1 unspecified atom stereocenters. The van der Waals surface area contributed by atoms with Crippen LogP contribution in [0.25, 0.3) is 21.9 Å². The zero-order valence-electron chi connectivity index (χ0n) is 26.5. The maximum Gasteiger partial charge on any atom is 0.310 e. The van der Waals surface area contributed by atoms with Gasteiger partial charge in [-0.05, 0) is 93.1 Å². The van der Waals surface area contributed by atoms with E-state index in [-0.39, 0.29) is 12.0 Å². The lowest BCUT2D eigenvalue weighted by Crippen LogP contribution is -2.33. The van der Waals surface area contributed by atoms with E-state index in [1.807, 2.05) is 50.7 Å². The summed E-state index contributed by atoms with van der Waals surface area (Å²) >= 11 is 0. The second kappa shape index (κ2) is 11.7. The van der Waals surface area contributed by atoms with E-state index in [0.29, 0.717) is 0 Å². The number of carboxylic acids is 1. The van der Waals surface area contributed by atoms with E-state index in [9.17, 15) is 9.90 Å². The van der Waals surface area contributed by atoms with E-state index in [1.165, 1.54) is 11.1 Å². The predicted molar refractivity (Wildman–Crippen MR) is 173 cm³/mol. The fourth-order valence-electron chi connectivity index (χ4n) is 6.64. The summed E-state index contributed by atoms with van der Waals surface area (Å²) in [5.41, 5.74) is 8.09. The molecule has 0 bridgehead atoms. The summed E-state index contributed by atoms with van der Waals surface area (Å²) in [6.07, 6.45) is 2.80. The molecule has 3 aromatic carbocycles. The number of ether oxygens (including phenoxy) is 1. The van der Waals surface area contributed by atoms with Crippen LogP contribution in [0.4, 0.5) is 0 Å². The predicted octanol–water partition coefficient (Wildman–Crippen LogP) is 7.03. The Morgan fingerprint density at radius 1 is 1.11 bits per heavy atom. The van der Waals surface area contributed by atoms with Gasteiger partial charge in [0.05, 0.1) is 16.4 Å². The van der Waals surface area contributed by atoms with Gasteiger partial charge in [0, 0.05) is 49.2 Å². The van der Waals surface area contributed by atoms with E-state index in [4.69, 9.17) is 4.74 Å². The van der Waals surface area contributed by atoms with Gasteiger partial charge in [-0.2, -0.15) is 0 Å². The van der Waals surface area contributed by atoms with Crippen molar-refractivity contribution in [3.05, 3.63) is 94.2 Å². The number of nitrogens with zero attached hydrogens (tertiary/aromatic N) is 5. The number of carbonyl (C=O) groups is 1. The number of pyridine rings is 1. The SMILES string of the molecule is CC[C@@H]1CN(Cc2cc(C(c3ccc4c(nnn4CC)c3C)C(C)(C)C(=O)O)ccc2C)Cc2cc3ncccc3cc2O1. The van der Waals surface area contributed by atoms with Crippen molar-refractivity contribution in [3.8, 4) is 5.75 Å². The third kappa shape index (κ3) is 5.32. The van der Waals surface area contributed by atoms with Crippen molar-refractivity contribution in [2.24, 2.45) is 5.41 Å².